The molecule has 2 rings (SSSR count). The summed E-state index contributed by atoms with van der Waals surface area (Å²) in [6.07, 6.45) is 4.18. The van der Waals surface area contributed by atoms with E-state index < -0.39 is 0 Å². The first-order chi connectivity index (χ1) is 9.79. The molecule has 1 aliphatic heterocycles. The highest BCUT2D eigenvalue weighted by Gasteiger charge is 2.11. The number of nitrogens with one attached hydrogen (secondary N) is 1. The lowest BCUT2D eigenvalue weighted by Gasteiger charge is -2.14. The number of amides is 1. The number of carbonyl (C=O) groups excluding carboxylic acids is 1. The predicted molar refractivity (Wildman–Crippen MR) is 75.8 cm³/mol. The normalized spacial score (nSPS) is 14.3. The maximum absolute atomic E-state index is 11.3. The van der Waals surface area contributed by atoms with Gasteiger partial charge < -0.3 is 10.1 Å². The number of rotatable bonds is 5. The fraction of sp³-hybridized carbons (Fsp3) is 0.571. The summed E-state index contributed by atoms with van der Waals surface area (Å²) in [7, 11) is 2.09. The second kappa shape index (κ2) is 9.25. The number of aromatic nitrogens is 1. The van der Waals surface area contributed by atoms with Gasteiger partial charge >= 0.3 is 0 Å². The molecule has 2 heterocycles. The quantitative estimate of drug-likeness (QED) is 0.890. The minimum Gasteiger partial charge on any atom is -0.491 e. The molecule has 0 aliphatic carbocycles. The lowest BCUT2D eigenvalue weighted by Crippen LogP contribution is -2.25. The van der Waals surface area contributed by atoms with Crippen molar-refractivity contribution in [1.82, 2.24) is 15.2 Å². The molecule has 0 atom stereocenters. The van der Waals surface area contributed by atoms with Crippen LogP contribution in [-0.2, 0) is 0 Å². The van der Waals surface area contributed by atoms with Crippen LogP contribution in [0.5, 0.6) is 5.75 Å². The second-order valence-corrected chi connectivity index (χ2v) is 4.36. The lowest BCUT2D eigenvalue weighted by molar-refractivity contribution is 0.0958. The minimum absolute atomic E-state index is 0.182. The van der Waals surface area contributed by atoms with Crippen LogP contribution in [-0.4, -0.2) is 56.3 Å². The maximum Gasteiger partial charge on any atom is 0.269 e. The van der Waals surface area contributed by atoms with Gasteiger partial charge in [-0.25, -0.2) is 4.98 Å². The van der Waals surface area contributed by atoms with E-state index in [1.807, 2.05) is 0 Å². The van der Waals surface area contributed by atoms with Crippen LogP contribution in [0.1, 0.15) is 23.3 Å². The van der Waals surface area contributed by atoms with Crippen molar-refractivity contribution in [3.63, 3.8) is 0 Å². The van der Waals surface area contributed by atoms with E-state index in [1.54, 1.807) is 25.4 Å². The van der Waals surface area contributed by atoms with Crippen molar-refractivity contribution in [3.05, 3.63) is 24.0 Å². The average molecular weight is 283 g/mol. The molecular formula is C14H22FN3O2. The number of ether oxygens (including phenoxy) is 1. The van der Waals surface area contributed by atoms with E-state index in [0.717, 1.165) is 6.54 Å². The first-order valence-corrected chi connectivity index (χ1v) is 6.70. The van der Waals surface area contributed by atoms with Crippen LogP contribution in [0.3, 0.4) is 0 Å². The van der Waals surface area contributed by atoms with Crippen LogP contribution in [0.4, 0.5) is 4.39 Å². The van der Waals surface area contributed by atoms with Crippen LogP contribution in [0, 0.1) is 0 Å². The maximum atomic E-state index is 11.3. The molecule has 0 bridgehead atoms. The summed E-state index contributed by atoms with van der Waals surface area (Å²) in [6, 6.07) is 3.45. The Morgan fingerprint density at radius 1 is 1.40 bits per heavy atom. The van der Waals surface area contributed by atoms with Crippen molar-refractivity contribution >= 4 is 5.91 Å². The van der Waals surface area contributed by atoms with Gasteiger partial charge in [0.2, 0.25) is 0 Å². The predicted octanol–water partition coefficient (Wildman–Crippen LogP) is 1.50. The molecule has 1 aliphatic rings. The molecule has 1 amide bonds. The molecule has 0 unspecified atom stereocenters. The number of likely N-dealkylation sites (tertiary alicyclic amines) is 1. The number of carbonyl (C=O) groups is 1. The molecular weight excluding hydrogens is 261 g/mol. The highest BCUT2D eigenvalue weighted by Crippen LogP contribution is 2.10. The Labute approximate surface area is 119 Å². The second-order valence-electron chi connectivity index (χ2n) is 4.36. The molecule has 6 heteroatoms. The largest absolute Gasteiger partial charge is 0.491 e. The van der Waals surface area contributed by atoms with Crippen molar-refractivity contribution in [2.45, 2.75) is 12.8 Å². The van der Waals surface area contributed by atoms with Gasteiger partial charge in [0.05, 0.1) is 13.4 Å². The number of halogens is 1. The van der Waals surface area contributed by atoms with Gasteiger partial charge in [-0.3, -0.25) is 14.1 Å². The number of nitrogens with zero attached hydrogens (tertiary/aromatic N) is 2. The summed E-state index contributed by atoms with van der Waals surface area (Å²) in [4.78, 5) is 17.7. The highest BCUT2D eigenvalue weighted by atomic mass is 19.1. The zero-order valence-electron chi connectivity index (χ0n) is 12.1. The Kier molecular flexibility index (Phi) is 7.57. The molecule has 20 heavy (non-hydrogen) atoms. The standard InChI is InChI=1S/C13H19N3O2.CH3F/c1-14-13(17)12-5-4-11(10-15-12)18-9-8-16-6-2-3-7-16;1-2/h4-5,10H,2-3,6-9H2,1H3,(H,14,17);1H3. The lowest BCUT2D eigenvalue weighted by atomic mass is 10.3. The molecule has 112 valence electrons. The Morgan fingerprint density at radius 2 is 2.10 bits per heavy atom. The summed E-state index contributed by atoms with van der Waals surface area (Å²) >= 11 is 0. The molecule has 1 N–H and O–H groups in total. The Morgan fingerprint density at radius 3 is 2.65 bits per heavy atom. The van der Waals surface area contributed by atoms with Crippen LogP contribution in [0.2, 0.25) is 0 Å². The highest BCUT2D eigenvalue weighted by molar-refractivity contribution is 5.91. The topological polar surface area (TPSA) is 54.5 Å². The monoisotopic (exact) mass is 283 g/mol. The molecule has 1 aromatic heterocycles. The van der Waals surface area contributed by atoms with Crippen LogP contribution in [0.15, 0.2) is 18.3 Å². The van der Waals surface area contributed by atoms with Crippen molar-refractivity contribution in [2.75, 3.05) is 40.5 Å². The third kappa shape index (κ3) is 5.13. The number of hydrogen-bond donors (Lipinski definition) is 1. The van der Waals surface area contributed by atoms with Crippen LogP contribution < -0.4 is 10.1 Å². The fourth-order valence-electron chi connectivity index (χ4n) is 2.03. The van der Waals surface area contributed by atoms with E-state index in [9.17, 15) is 9.18 Å². The van der Waals surface area contributed by atoms with Gasteiger partial charge in [-0.15, -0.1) is 0 Å². The zero-order valence-corrected chi connectivity index (χ0v) is 12.1. The first kappa shape index (κ1) is 16.4. The van der Waals surface area contributed by atoms with Gasteiger partial charge in [0.25, 0.3) is 5.91 Å². The number of pyridine rings is 1. The Bertz CT molecular complexity index is 392. The van der Waals surface area contributed by atoms with E-state index in [1.165, 1.54) is 25.9 Å². The van der Waals surface area contributed by atoms with E-state index in [0.29, 0.717) is 25.2 Å². The van der Waals surface area contributed by atoms with Gasteiger partial charge in [-0.2, -0.15) is 0 Å². The van der Waals surface area contributed by atoms with Gasteiger partial charge in [0, 0.05) is 13.6 Å². The molecule has 0 spiro atoms. The van der Waals surface area contributed by atoms with E-state index >= 15 is 0 Å². The molecule has 1 fully saturated rings. The summed E-state index contributed by atoms with van der Waals surface area (Å²) in [5.41, 5.74) is 0.407. The summed E-state index contributed by atoms with van der Waals surface area (Å²) in [6.45, 7) is 3.98. The SMILES string of the molecule is CF.CNC(=O)c1ccc(OCCN2CCCC2)cn1. The summed E-state index contributed by atoms with van der Waals surface area (Å²) < 4.78 is 15.1. The first-order valence-electron chi connectivity index (χ1n) is 6.70. The fourth-order valence-corrected chi connectivity index (χ4v) is 2.03. The van der Waals surface area contributed by atoms with Crippen molar-refractivity contribution in [2.24, 2.45) is 0 Å². The minimum atomic E-state index is -0.182. The van der Waals surface area contributed by atoms with Gasteiger partial charge in [0.1, 0.15) is 18.1 Å². The third-order valence-corrected chi connectivity index (χ3v) is 3.07. The summed E-state index contributed by atoms with van der Waals surface area (Å²) in [5.74, 6) is 0.528. The van der Waals surface area contributed by atoms with Crippen molar-refractivity contribution in [1.29, 1.82) is 0 Å². The molecule has 0 radical (unpaired) electrons. The number of hydrogen-bond acceptors (Lipinski definition) is 4. The van der Waals surface area contributed by atoms with Crippen LogP contribution >= 0.6 is 0 Å². The van der Waals surface area contributed by atoms with E-state index in [-0.39, 0.29) is 5.91 Å². The van der Waals surface area contributed by atoms with Crippen molar-refractivity contribution in [3.8, 4) is 5.75 Å². The van der Waals surface area contributed by atoms with Gasteiger partial charge in [-0.05, 0) is 38.1 Å². The molecule has 0 saturated carbocycles. The molecule has 1 aromatic rings. The van der Waals surface area contributed by atoms with Crippen LogP contribution in [0.25, 0.3) is 0 Å². The van der Waals surface area contributed by atoms with Gasteiger partial charge in [-0.1, -0.05) is 0 Å². The Balaban J connectivity index is 0.000000956. The molecule has 5 nitrogen and oxygen atoms in total. The van der Waals surface area contributed by atoms with Gasteiger partial charge in [0.15, 0.2) is 0 Å². The zero-order chi connectivity index (χ0) is 14.8. The van der Waals surface area contributed by atoms with E-state index in [4.69, 9.17) is 4.74 Å². The van der Waals surface area contributed by atoms with Crippen molar-refractivity contribution < 1.29 is 13.9 Å². The molecule has 1 saturated heterocycles. The molecule has 0 aromatic carbocycles. The van der Waals surface area contributed by atoms with E-state index in [2.05, 4.69) is 15.2 Å². The Hall–Kier alpha value is -1.69. The smallest absolute Gasteiger partial charge is 0.269 e. The average Bonchev–Trinajstić information content (AvgIpc) is 3.02. The number of alkyl halides is 1. The third-order valence-electron chi connectivity index (χ3n) is 3.07. The summed E-state index contributed by atoms with van der Waals surface area (Å²) in [5, 5.41) is 2.53.